The normalized spacial score (nSPS) is 9.14. The van der Waals surface area contributed by atoms with E-state index in [4.69, 9.17) is 5.11 Å². The first kappa shape index (κ1) is 10.9. The standard InChI is InChI=1S/C12H10O.V/c13-12-8-6-11(7-9-12)10-4-2-1-3-5-10;/h1-9,13H;. The van der Waals surface area contributed by atoms with E-state index in [-0.39, 0.29) is 18.6 Å². The van der Waals surface area contributed by atoms with Gasteiger partial charge >= 0.3 is 0 Å². The Morgan fingerprint density at radius 2 is 1.14 bits per heavy atom. The third-order valence-corrected chi connectivity index (χ3v) is 1.97. The van der Waals surface area contributed by atoms with E-state index >= 15 is 0 Å². The number of rotatable bonds is 1. The molecule has 2 rings (SSSR count). The van der Waals surface area contributed by atoms with E-state index in [9.17, 15) is 0 Å². The SMILES string of the molecule is Oc1ccc(-c2ccccc2)cc1.[V]. The van der Waals surface area contributed by atoms with E-state index in [0.717, 1.165) is 5.56 Å². The van der Waals surface area contributed by atoms with E-state index in [0.29, 0.717) is 5.75 Å². The topological polar surface area (TPSA) is 20.2 Å². The third kappa shape index (κ3) is 2.41. The van der Waals surface area contributed by atoms with Crippen molar-refractivity contribution in [1.82, 2.24) is 0 Å². The second kappa shape index (κ2) is 4.89. The van der Waals surface area contributed by atoms with Gasteiger partial charge in [0.2, 0.25) is 0 Å². The van der Waals surface area contributed by atoms with Crippen LogP contribution in [0.1, 0.15) is 0 Å². The average Bonchev–Trinajstić information content (AvgIpc) is 2.20. The molecule has 0 unspecified atom stereocenters. The molecule has 1 N–H and O–H groups in total. The molecule has 0 aliphatic carbocycles. The summed E-state index contributed by atoms with van der Waals surface area (Å²) in [6, 6.07) is 17.3. The molecule has 1 radical (unpaired) electrons. The molecule has 0 spiro atoms. The number of hydrogen-bond donors (Lipinski definition) is 1. The number of phenols is 1. The molecule has 0 bridgehead atoms. The molecule has 14 heavy (non-hydrogen) atoms. The first-order valence-corrected chi connectivity index (χ1v) is 4.21. The summed E-state index contributed by atoms with van der Waals surface area (Å²) in [4.78, 5) is 0. The van der Waals surface area contributed by atoms with Gasteiger partial charge in [0.05, 0.1) is 0 Å². The summed E-state index contributed by atoms with van der Waals surface area (Å²) in [6.07, 6.45) is 0. The fourth-order valence-electron chi connectivity index (χ4n) is 1.28. The molecule has 1 nitrogen and oxygen atoms in total. The number of benzene rings is 2. The predicted octanol–water partition coefficient (Wildman–Crippen LogP) is 3.06. The quantitative estimate of drug-likeness (QED) is 0.784. The maximum absolute atomic E-state index is 9.10. The van der Waals surface area contributed by atoms with E-state index in [1.807, 2.05) is 42.5 Å². The van der Waals surface area contributed by atoms with Crippen LogP contribution in [0.15, 0.2) is 54.6 Å². The van der Waals surface area contributed by atoms with Crippen LogP contribution in [-0.4, -0.2) is 5.11 Å². The van der Waals surface area contributed by atoms with Crippen molar-refractivity contribution in [2.75, 3.05) is 0 Å². The van der Waals surface area contributed by atoms with Crippen molar-refractivity contribution in [3.63, 3.8) is 0 Å². The van der Waals surface area contributed by atoms with E-state index in [2.05, 4.69) is 0 Å². The summed E-state index contributed by atoms with van der Waals surface area (Å²) in [6.45, 7) is 0. The molecule has 2 aromatic rings. The minimum Gasteiger partial charge on any atom is -0.508 e. The minimum atomic E-state index is 0. The predicted molar refractivity (Wildman–Crippen MR) is 53.5 cm³/mol. The van der Waals surface area contributed by atoms with Crippen LogP contribution in [0, 0.1) is 0 Å². The van der Waals surface area contributed by atoms with Gasteiger partial charge in [-0.15, -0.1) is 0 Å². The van der Waals surface area contributed by atoms with Gasteiger partial charge < -0.3 is 5.11 Å². The minimum absolute atomic E-state index is 0. The van der Waals surface area contributed by atoms with Crippen LogP contribution >= 0.6 is 0 Å². The Morgan fingerprint density at radius 1 is 0.643 bits per heavy atom. The second-order valence-corrected chi connectivity index (χ2v) is 2.91. The van der Waals surface area contributed by atoms with Crippen LogP contribution in [0.5, 0.6) is 5.75 Å². The van der Waals surface area contributed by atoms with Gasteiger partial charge in [0.15, 0.2) is 0 Å². The molecule has 0 saturated heterocycles. The van der Waals surface area contributed by atoms with Crippen molar-refractivity contribution in [3.8, 4) is 16.9 Å². The molecule has 0 aliphatic heterocycles. The van der Waals surface area contributed by atoms with Gasteiger partial charge in [0.25, 0.3) is 0 Å². The summed E-state index contributed by atoms with van der Waals surface area (Å²) < 4.78 is 0. The van der Waals surface area contributed by atoms with Crippen LogP contribution in [0.2, 0.25) is 0 Å². The first-order valence-electron chi connectivity index (χ1n) is 4.21. The van der Waals surface area contributed by atoms with Crippen molar-refractivity contribution in [2.24, 2.45) is 0 Å². The smallest absolute Gasteiger partial charge is 0.115 e. The van der Waals surface area contributed by atoms with Gasteiger partial charge in [-0.1, -0.05) is 42.5 Å². The molecule has 69 valence electrons. The molecule has 0 fully saturated rings. The Morgan fingerprint density at radius 3 is 1.71 bits per heavy atom. The summed E-state index contributed by atoms with van der Waals surface area (Å²) in [7, 11) is 0. The molecule has 0 amide bonds. The molecule has 0 atom stereocenters. The van der Waals surface area contributed by atoms with Crippen molar-refractivity contribution in [2.45, 2.75) is 0 Å². The summed E-state index contributed by atoms with van der Waals surface area (Å²) >= 11 is 0. The largest absolute Gasteiger partial charge is 0.508 e. The molecule has 0 heterocycles. The molecular weight excluding hydrogens is 211 g/mol. The molecule has 0 aliphatic rings. The Bertz CT molecular complexity index is 381. The van der Waals surface area contributed by atoms with Gasteiger partial charge in [-0.3, -0.25) is 0 Å². The van der Waals surface area contributed by atoms with Crippen LogP contribution in [0.4, 0.5) is 0 Å². The van der Waals surface area contributed by atoms with Crippen molar-refractivity contribution in [3.05, 3.63) is 54.6 Å². The maximum atomic E-state index is 9.10. The number of hydrogen-bond acceptors (Lipinski definition) is 1. The van der Waals surface area contributed by atoms with Crippen LogP contribution < -0.4 is 0 Å². The zero-order valence-corrected chi connectivity index (χ0v) is 8.99. The Kier molecular flexibility index (Phi) is 3.81. The fraction of sp³-hybridized carbons (Fsp3) is 0. The van der Waals surface area contributed by atoms with E-state index < -0.39 is 0 Å². The second-order valence-electron chi connectivity index (χ2n) is 2.91. The first-order chi connectivity index (χ1) is 6.36. The number of phenolic OH excluding ortho intramolecular Hbond substituents is 1. The number of aromatic hydroxyl groups is 1. The molecular formula is C12H10OV. The summed E-state index contributed by atoms with van der Waals surface area (Å²) in [5, 5.41) is 9.10. The van der Waals surface area contributed by atoms with Crippen LogP contribution in [0.25, 0.3) is 11.1 Å². The fourth-order valence-corrected chi connectivity index (χ4v) is 1.28. The summed E-state index contributed by atoms with van der Waals surface area (Å²) in [5.74, 6) is 0.305. The Hall–Kier alpha value is -1.18. The van der Waals surface area contributed by atoms with Crippen molar-refractivity contribution in [1.29, 1.82) is 0 Å². The van der Waals surface area contributed by atoms with Gasteiger partial charge in [0, 0.05) is 18.6 Å². The molecule has 2 heteroatoms. The van der Waals surface area contributed by atoms with Crippen LogP contribution in [0.3, 0.4) is 0 Å². The van der Waals surface area contributed by atoms with Gasteiger partial charge in [0.1, 0.15) is 5.75 Å². The monoisotopic (exact) mass is 221 g/mol. The van der Waals surface area contributed by atoms with Gasteiger partial charge in [-0.05, 0) is 23.3 Å². The van der Waals surface area contributed by atoms with E-state index in [1.54, 1.807) is 12.1 Å². The molecule has 0 saturated carbocycles. The maximum Gasteiger partial charge on any atom is 0.115 e. The Balaban J connectivity index is 0.000000980. The Labute approximate surface area is 95.3 Å². The zero-order valence-electron chi connectivity index (χ0n) is 7.59. The van der Waals surface area contributed by atoms with Gasteiger partial charge in [-0.25, -0.2) is 0 Å². The molecule has 0 aromatic heterocycles. The van der Waals surface area contributed by atoms with Gasteiger partial charge in [-0.2, -0.15) is 0 Å². The summed E-state index contributed by atoms with van der Waals surface area (Å²) in [5.41, 5.74) is 2.29. The van der Waals surface area contributed by atoms with E-state index in [1.165, 1.54) is 5.56 Å². The van der Waals surface area contributed by atoms with Crippen molar-refractivity contribution >= 4 is 0 Å². The zero-order chi connectivity index (χ0) is 9.10. The average molecular weight is 221 g/mol. The molecule has 2 aromatic carbocycles. The van der Waals surface area contributed by atoms with Crippen molar-refractivity contribution < 1.29 is 23.7 Å². The third-order valence-electron chi connectivity index (χ3n) is 1.97. The van der Waals surface area contributed by atoms with Crippen LogP contribution in [-0.2, 0) is 18.6 Å².